The third kappa shape index (κ3) is 4.06. The Hall–Kier alpha value is -4.65. The maximum Gasteiger partial charge on any atom is 0.276 e. The summed E-state index contributed by atoms with van der Waals surface area (Å²) in [5, 5.41) is 7.46. The van der Waals surface area contributed by atoms with E-state index in [0.717, 1.165) is 22.5 Å². The Kier molecular flexibility index (Phi) is 5.66. The van der Waals surface area contributed by atoms with Crippen LogP contribution in [0.1, 0.15) is 10.5 Å². The Labute approximate surface area is 196 Å². The van der Waals surface area contributed by atoms with Crippen LogP contribution in [-0.2, 0) is 0 Å². The number of rotatable bonds is 6. The molecule has 0 aliphatic heterocycles. The number of ether oxygens (including phenoxy) is 2. The zero-order valence-corrected chi connectivity index (χ0v) is 18.7. The fourth-order valence-corrected chi connectivity index (χ4v) is 3.77. The minimum absolute atomic E-state index is 0.254. The lowest BCUT2D eigenvalue weighted by molar-refractivity contribution is 0.102. The van der Waals surface area contributed by atoms with Gasteiger partial charge in [-0.05, 0) is 18.2 Å². The van der Waals surface area contributed by atoms with Crippen LogP contribution < -0.4 is 14.8 Å². The van der Waals surface area contributed by atoms with Crippen LogP contribution in [0.4, 0.5) is 5.69 Å². The normalized spacial score (nSPS) is 10.8. The molecule has 0 bridgehead atoms. The van der Waals surface area contributed by atoms with E-state index >= 15 is 0 Å². The zero-order valence-electron chi connectivity index (χ0n) is 18.7. The standard InChI is InChI=1S/C27H22N4O3/c1-33-24-14-13-20(15-25(24)34-2)28-27(32)22-17-26-29-21(18-9-5-3-6-10-18)16-23(31(26)30-22)19-11-7-4-8-12-19/h3-17H,1-2H3,(H,28,32). The average molecular weight is 450 g/mol. The molecule has 7 nitrogen and oxygen atoms in total. The molecule has 168 valence electrons. The molecule has 0 atom stereocenters. The summed E-state index contributed by atoms with van der Waals surface area (Å²) in [6, 6.07) is 28.7. The molecule has 0 saturated heterocycles. The Morgan fingerprint density at radius 3 is 2.15 bits per heavy atom. The first-order chi connectivity index (χ1) is 16.7. The Morgan fingerprint density at radius 2 is 1.47 bits per heavy atom. The summed E-state index contributed by atoms with van der Waals surface area (Å²) in [5.41, 5.74) is 5.01. The van der Waals surface area contributed by atoms with Gasteiger partial charge in [0.15, 0.2) is 22.8 Å². The van der Waals surface area contributed by atoms with Gasteiger partial charge in [0.2, 0.25) is 0 Å². The molecular formula is C27H22N4O3. The van der Waals surface area contributed by atoms with Crippen molar-refractivity contribution in [3.8, 4) is 34.0 Å². The molecule has 5 rings (SSSR count). The van der Waals surface area contributed by atoms with E-state index in [0.29, 0.717) is 22.8 Å². The zero-order chi connectivity index (χ0) is 23.5. The molecule has 0 unspecified atom stereocenters. The first-order valence-corrected chi connectivity index (χ1v) is 10.7. The second-order valence-corrected chi connectivity index (χ2v) is 7.58. The van der Waals surface area contributed by atoms with Gasteiger partial charge in [0.05, 0.1) is 25.6 Å². The summed E-state index contributed by atoms with van der Waals surface area (Å²) >= 11 is 0. The van der Waals surface area contributed by atoms with Crippen LogP contribution in [0.25, 0.3) is 28.2 Å². The number of nitrogens with one attached hydrogen (secondary N) is 1. The number of carbonyl (C=O) groups is 1. The molecule has 7 heteroatoms. The van der Waals surface area contributed by atoms with E-state index in [1.165, 1.54) is 0 Å². The molecule has 0 saturated carbocycles. The molecule has 34 heavy (non-hydrogen) atoms. The molecule has 0 radical (unpaired) electrons. The van der Waals surface area contributed by atoms with Crippen LogP contribution in [0.2, 0.25) is 0 Å². The minimum atomic E-state index is -0.349. The Morgan fingerprint density at radius 1 is 0.794 bits per heavy atom. The lowest BCUT2D eigenvalue weighted by Gasteiger charge is -2.10. The van der Waals surface area contributed by atoms with Crippen molar-refractivity contribution in [1.82, 2.24) is 14.6 Å². The first-order valence-electron chi connectivity index (χ1n) is 10.7. The molecule has 0 fully saturated rings. The fourth-order valence-electron chi connectivity index (χ4n) is 3.77. The monoisotopic (exact) mass is 450 g/mol. The van der Waals surface area contributed by atoms with Gasteiger partial charge < -0.3 is 14.8 Å². The molecule has 5 aromatic rings. The van der Waals surface area contributed by atoms with Crippen molar-refractivity contribution >= 4 is 17.2 Å². The second kappa shape index (κ2) is 9.07. The van der Waals surface area contributed by atoms with Crippen molar-refractivity contribution in [1.29, 1.82) is 0 Å². The third-order valence-electron chi connectivity index (χ3n) is 5.44. The summed E-state index contributed by atoms with van der Waals surface area (Å²) in [4.78, 5) is 17.8. The van der Waals surface area contributed by atoms with Crippen LogP contribution in [-0.4, -0.2) is 34.7 Å². The topological polar surface area (TPSA) is 77.8 Å². The number of benzene rings is 3. The van der Waals surface area contributed by atoms with Crippen LogP contribution in [0.5, 0.6) is 11.5 Å². The average Bonchev–Trinajstić information content (AvgIpc) is 3.33. The summed E-state index contributed by atoms with van der Waals surface area (Å²) in [6.07, 6.45) is 0. The Balaban J connectivity index is 1.56. The number of methoxy groups -OCH3 is 2. The summed E-state index contributed by atoms with van der Waals surface area (Å²) in [7, 11) is 3.11. The SMILES string of the molecule is COc1ccc(NC(=O)c2cc3nc(-c4ccccc4)cc(-c4ccccc4)n3n2)cc1OC. The van der Waals surface area contributed by atoms with Crippen molar-refractivity contribution in [2.45, 2.75) is 0 Å². The molecular weight excluding hydrogens is 428 g/mol. The Bertz CT molecular complexity index is 1460. The summed E-state index contributed by atoms with van der Waals surface area (Å²) in [6.45, 7) is 0. The number of fused-ring (bicyclic) bond motifs is 1. The maximum atomic E-state index is 13.1. The van der Waals surface area contributed by atoms with Gasteiger partial charge in [-0.2, -0.15) is 5.10 Å². The van der Waals surface area contributed by atoms with E-state index in [1.54, 1.807) is 43.0 Å². The van der Waals surface area contributed by atoms with Crippen molar-refractivity contribution < 1.29 is 14.3 Å². The van der Waals surface area contributed by atoms with Crippen LogP contribution >= 0.6 is 0 Å². The van der Waals surface area contributed by atoms with Crippen molar-refractivity contribution in [2.24, 2.45) is 0 Å². The highest BCUT2D eigenvalue weighted by Crippen LogP contribution is 2.30. The molecule has 0 aliphatic carbocycles. The van der Waals surface area contributed by atoms with Gasteiger partial charge in [0.1, 0.15) is 0 Å². The van der Waals surface area contributed by atoms with E-state index in [9.17, 15) is 4.79 Å². The number of hydrogen-bond acceptors (Lipinski definition) is 5. The quantitative estimate of drug-likeness (QED) is 0.378. The molecule has 1 N–H and O–H groups in total. The van der Waals surface area contributed by atoms with Crippen molar-refractivity contribution in [3.05, 3.63) is 96.7 Å². The van der Waals surface area contributed by atoms with Crippen LogP contribution in [0, 0.1) is 0 Å². The largest absolute Gasteiger partial charge is 0.493 e. The number of amides is 1. The third-order valence-corrected chi connectivity index (χ3v) is 5.44. The molecule has 2 heterocycles. The summed E-state index contributed by atoms with van der Waals surface area (Å²) < 4.78 is 12.3. The lowest BCUT2D eigenvalue weighted by Crippen LogP contribution is -2.13. The van der Waals surface area contributed by atoms with Gasteiger partial charge in [-0.1, -0.05) is 60.7 Å². The highest BCUT2D eigenvalue weighted by atomic mass is 16.5. The van der Waals surface area contributed by atoms with Crippen LogP contribution in [0.3, 0.4) is 0 Å². The number of hydrogen-bond donors (Lipinski definition) is 1. The predicted octanol–water partition coefficient (Wildman–Crippen LogP) is 5.33. The second-order valence-electron chi connectivity index (χ2n) is 7.58. The van der Waals surface area contributed by atoms with E-state index in [-0.39, 0.29) is 11.6 Å². The van der Waals surface area contributed by atoms with Gasteiger partial charge >= 0.3 is 0 Å². The number of carbonyl (C=O) groups excluding carboxylic acids is 1. The molecule has 1 amide bonds. The van der Waals surface area contributed by atoms with Gasteiger partial charge in [0.25, 0.3) is 5.91 Å². The highest BCUT2D eigenvalue weighted by Gasteiger charge is 2.17. The molecule has 3 aromatic carbocycles. The predicted molar refractivity (Wildman–Crippen MR) is 131 cm³/mol. The fraction of sp³-hybridized carbons (Fsp3) is 0.0741. The van der Waals surface area contributed by atoms with Crippen molar-refractivity contribution in [2.75, 3.05) is 19.5 Å². The van der Waals surface area contributed by atoms with Gasteiger partial charge in [0, 0.05) is 28.9 Å². The van der Waals surface area contributed by atoms with E-state index in [1.807, 2.05) is 66.7 Å². The molecule has 0 aliphatic rings. The highest BCUT2D eigenvalue weighted by molar-refractivity contribution is 6.03. The summed E-state index contributed by atoms with van der Waals surface area (Å²) in [5.74, 6) is 0.757. The van der Waals surface area contributed by atoms with E-state index in [4.69, 9.17) is 14.5 Å². The minimum Gasteiger partial charge on any atom is -0.493 e. The van der Waals surface area contributed by atoms with Gasteiger partial charge in [-0.3, -0.25) is 4.79 Å². The molecule has 0 spiro atoms. The van der Waals surface area contributed by atoms with Crippen molar-refractivity contribution in [3.63, 3.8) is 0 Å². The maximum absolute atomic E-state index is 13.1. The van der Waals surface area contributed by atoms with Crippen LogP contribution in [0.15, 0.2) is 91.0 Å². The molecule has 2 aromatic heterocycles. The van der Waals surface area contributed by atoms with Gasteiger partial charge in [-0.25, -0.2) is 9.50 Å². The number of nitrogens with zero attached hydrogens (tertiary/aromatic N) is 3. The smallest absolute Gasteiger partial charge is 0.276 e. The number of aromatic nitrogens is 3. The first kappa shape index (κ1) is 21.2. The van der Waals surface area contributed by atoms with E-state index in [2.05, 4.69) is 10.4 Å². The lowest BCUT2D eigenvalue weighted by atomic mass is 10.1. The number of anilines is 1. The van der Waals surface area contributed by atoms with E-state index < -0.39 is 0 Å². The van der Waals surface area contributed by atoms with Gasteiger partial charge in [-0.15, -0.1) is 0 Å².